The van der Waals surface area contributed by atoms with Crippen LogP contribution in [0.2, 0.25) is 0 Å². The largest absolute Gasteiger partial charge is 0.498 e. The lowest BCUT2D eigenvalue weighted by Crippen LogP contribution is -1.78. The number of hydrogen-bond donors (Lipinski definition) is 0. The molecule has 11 heavy (non-hydrogen) atoms. The van der Waals surface area contributed by atoms with E-state index in [2.05, 4.69) is 12.7 Å². The van der Waals surface area contributed by atoms with Crippen LogP contribution in [0.5, 0.6) is 0 Å². The van der Waals surface area contributed by atoms with Gasteiger partial charge in [0.1, 0.15) is 0 Å². The van der Waals surface area contributed by atoms with Crippen LogP contribution in [-0.2, 0) is 4.74 Å². The number of ether oxygens (including phenoxy) is 1. The molecule has 1 nitrogen and oxygen atoms in total. The lowest BCUT2D eigenvalue weighted by molar-refractivity contribution is 0.262. The highest BCUT2D eigenvalue weighted by Gasteiger charge is 2.05. The predicted octanol–water partition coefficient (Wildman–Crippen LogP) is 3.04. The van der Waals surface area contributed by atoms with E-state index < -0.39 is 0 Å². The highest BCUT2D eigenvalue weighted by molar-refractivity contribution is 4.96. The summed E-state index contributed by atoms with van der Waals surface area (Å²) in [5.74, 6) is 1.20. The Bertz CT molecular complexity index is 139. The molecule has 1 fully saturated rings. The lowest BCUT2D eigenvalue weighted by Gasteiger charge is -1.96. The van der Waals surface area contributed by atoms with Crippen molar-refractivity contribution in [3.63, 3.8) is 0 Å². The molecule has 0 radical (unpaired) electrons. The summed E-state index contributed by atoms with van der Waals surface area (Å²) in [6, 6.07) is 0. The van der Waals surface area contributed by atoms with Crippen LogP contribution >= 0.6 is 0 Å². The molecule has 62 valence electrons. The molecule has 1 aliphatic rings. The molecule has 0 N–H and O–H groups in total. The number of unbranched alkanes of at least 4 members (excludes halogenated alkanes) is 2. The molecule has 0 aromatic carbocycles. The average Bonchev–Trinajstić information content (AvgIpc) is 2.50. The van der Waals surface area contributed by atoms with Gasteiger partial charge in [-0.1, -0.05) is 6.08 Å². The van der Waals surface area contributed by atoms with Gasteiger partial charge in [-0.15, -0.1) is 6.58 Å². The molecule has 0 aromatic heterocycles. The third-order valence-corrected chi connectivity index (χ3v) is 1.84. The van der Waals surface area contributed by atoms with Crippen molar-refractivity contribution < 1.29 is 4.74 Å². The Kier molecular flexibility index (Phi) is 3.81. The van der Waals surface area contributed by atoms with E-state index in [1.165, 1.54) is 18.6 Å². The van der Waals surface area contributed by atoms with Crippen molar-refractivity contribution in [2.75, 3.05) is 6.61 Å². The van der Waals surface area contributed by atoms with Gasteiger partial charge in [0.15, 0.2) is 0 Å². The molecular formula is C10H16O. The monoisotopic (exact) mass is 152 g/mol. The smallest absolute Gasteiger partial charge is 0.0921 e. The van der Waals surface area contributed by atoms with E-state index in [0.29, 0.717) is 0 Å². The average molecular weight is 152 g/mol. The van der Waals surface area contributed by atoms with Crippen LogP contribution in [0.1, 0.15) is 32.1 Å². The zero-order valence-electron chi connectivity index (χ0n) is 7.01. The van der Waals surface area contributed by atoms with Gasteiger partial charge in [0, 0.05) is 6.42 Å². The van der Waals surface area contributed by atoms with E-state index in [0.717, 1.165) is 25.9 Å². The van der Waals surface area contributed by atoms with Crippen molar-refractivity contribution in [1.82, 2.24) is 0 Å². The van der Waals surface area contributed by atoms with E-state index in [4.69, 9.17) is 4.74 Å². The van der Waals surface area contributed by atoms with E-state index in [1.54, 1.807) is 0 Å². The second-order valence-electron chi connectivity index (χ2n) is 2.84. The fraction of sp³-hybridized carbons (Fsp3) is 0.600. The van der Waals surface area contributed by atoms with Crippen LogP contribution in [-0.4, -0.2) is 6.61 Å². The van der Waals surface area contributed by atoms with Crippen LogP contribution < -0.4 is 0 Å². The fourth-order valence-corrected chi connectivity index (χ4v) is 1.21. The zero-order chi connectivity index (χ0) is 7.94. The first kappa shape index (κ1) is 8.38. The Morgan fingerprint density at radius 2 is 2.36 bits per heavy atom. The molecule has 0 saturated carbocycles. The van der Waals surface area contributed by atoms with Gasteiger partial charge >= 0.3 is 0 Å². The third kappa shape index (κ3) is 3.26. The first-order chi connectivity index (χ1) is 5.43. The molecule has 0 bridgehead atoms. The maximum atomic E-state index is 5.37. The minimum atomic E-state index is 0.924. The van der Waals surface area contributed by atoms with Crippen molar-refractivity contribution in [2.45, 2.75) is 32.1 Å². The first-order valence-corrected chi connectivity index (χ1v) is 4.36. The van der Waals surface area contributed by atoms with Crippen molar-refractivity contribution in [3.8, 4) is 0 Å². The highest BCUT2D eigenvalue weighted by Crippen LogP contribution is 2.16. The maximum absolute atomic E-state index is 5.37. The summed E-state index contributed by atoms with van der Waals surface area (Å²) in [4.78, 5) is 0. The van der Waals surface area contributed by atoms with Crippen LogP contribution in [0.4, 0.5) is 0 Å². The molecule has 0 aromatic rings. The van der Waals surface area contributed by atoms with Crippen LogP contribution in [0.25, 0.3) is 0 Å². The summed E-state index contributed by atoms with van der Waals surface area (Å²) >= 11 is 0. The quantitative estimate of drug-likeness (QED) is 0.444. The first-order valence-electron chi connectivity index (χ1n) is 4.36. The minimum absolute atomic E-state index is 0.924. The molecule has 0 spiro atoms. The van der Waals surface area contributed by atoms with Crippen LogP contribution in [0.15, 0.2) is 24.5 Å². The van der Waals surface area contributed by atoms with Gasteiger partial charge in [-0.25, -0.2) is 0 Å². The standard InChI is InChI=1S/C10H16O/c1-2-3-4-5-7-10-8-6-9-11-10/h2,7H,1,3-6,8-9H2/b10-7+. The Labute approximate surface area is 68.8 Å². The molecule has 1 rings (SSSR count). The molecule has 0 atom stereocenters. The molecule has 0 unspecified atom stereocenters. The van der Waals surface area contributed by atoms with Crippen molar-refractivity contribution in [2.24, 2.45) is 0 Å². The molecule has 1 heteroatoms. The lowest BCUT2D eigenvalue weighted by atomic mass is 10.2. The van der Waals surface area contributed by atoms with Crippen LogP contribution in [0.3, 0.4) is 0 Å². The Hall–Kier alpha value is -0.720. The van der Waals surface area contributed by atoms with E-state index in [-0.39, 0.29) is 0 Å². The van der Waals surface area contributed by atoms with E-state index in [1.807, 2.05) is 6.08 Å². The summed E-state index contributed by atoms with van der Waals surface area (Å²) in [5.41, 5.74) is 0. The van der Waals surface area contributed by atoms with E-state index >= 15 is 0 Å². The number of rotatable bonds is 4. The number of hydrogen-bond acceptors (Lipinski definition) is 1. The predicted molar refractivity (Wildman–Crippen MR) is 47.3 cm³/mol. The molecule has 0 amide bonds. The summed E-state index contributed by atoms with van der Waals surface area (Å²) in [6.07, 6.45) is 9.99. The van der Waals surface area contributed by atoms with Gasteiger partial charge in [-0.3, -0.25) is 0 Å². The Balaban J connectivity index is 2.08. The van der Waals surface area contributed by atoms with Crippen LogP contribution in [0, 0.1) is 0 Å². The Morgan fingerprint density at radius 1 is 1.45 bits per heavy atom. The van der Waals surface area contributed by atoms with Gasteiger partial charge in [0.05, 0.1) is 12.4 Å². The van der Waals surface area contributed by atoms with Gasteiger partial charge in [-0.2, -0.15) is 0 Å². The second kappa shape index (κ2) is 5.00. The molecular weight excluding hydrogens is 136 g/mol. The molecule has 0 aliphatic carbocycles. The normalized spacial score (nSPS) is 20.2. The van der Waals surface area contributed by atoms with Gasteiger partial charge in [0.25, 0.3) is 0 Å². The summed E-state index contributed by atoms with van der Waals surface area (Å²) in [5, 5.41) is 0. The SMILES string of the molecule is C=CCCC/C=C1\CCCO1. The zero-order valence-corrected chi connectivity index (χ0v) is 7.01. The van der Waals surface area contributed by atoms with Gasteiger partial charge in [0.2, 0.25) is 0 Å². The summed E-state index contributed by atoms with van der Waals surface area (Å²) in [6.45, 7) is 4.60. The maximum Gasteiger partial charge on any atom is 0.0921 e. The fourth-order valence-electron chi connectivity index (χ4n) is 1.21. The number of allylic oxidation sites excluding steroid dienone is 3. The van der Waals surface area contributed by atoms with E-state index in [9.17, 15) is 0 Å². The van der Waals surface area contributed by atoms with Gasteiger partial charge in [-0.05, 0) is 31.8 Å². The minimum Gasteiger partial charge on any atom is -0.498 e. The summed E-state index contributed by atoms with van der Waals surface area (Å²) < 4.78 is 5.37. The molecule has 1 heterocycles. The van der Waals surface area contributed by atoms with Crippen molar-refractivity contribution in [3.05, 3.63) is 24.5 Å². The highest BCUT2D eigenvalue weighted by atomic mass is 16.5. The molecule has 1 saturated heterocycles. The van der Waals surface area contributed by atoms with Crippen molar-refractivity contribution in [1.29, 1.82) is 0 Å². The Morgan fingerprint density at radius 3 is 3.00 bits per heavy atom. The van der Waals surface area contributed by atoms with Gasteiger partial charge < -0.3 is 4.74 Å². The molecule has 1 aliphatic heterocycles. The topological polar surface area (TPSA) is 9.23 Å². The summed E-state index contributed by atoms with van der Waals surface area (Å²) in [7, 11) is 0. The second-order valence-corrected chi connectivity index (χ2v) is 2.84. The van der Waals surface area contributed by atoms with Crippen molar-refractivity contribution >= 4 is 0 Å². The third-order valence-electron chi connectivity index (χ3n) is 1.84.